The smallest absolute Gasteiger partial charge is 0.339 e. The lowest BCUT2D eigenvalue weighted by Gasteiger charge is -2.08. The molecule has 0 spiro atoms. The third-order valence-electron chi connectivity index (χ3n) is 3.64. The van der Waals surface area contributed by atoms with Gasteiger partial charge in [-0.2, -0.15) is 0 Å². The van der Waals surface area contributed by atoms with E-state index in [1.165, 1.54) is 0 Å². The maximum absolute atomic E-state index is 11.8. The average Bonchev–Trinajstić information content (AvgIpc) is 2.80. The molecule has 1 N–H and O–H groups in total. The molecule has 4 heteroatoms. The highest BCUT2D eigenvalue weighted by Crippen LogP contribution is 2.39. The highest BCUT2D eigenvalue weighted by atomic mass is 79.9. The summed E-state index contributed by atoms with van der Waals surface area (Å²) in [5.41, 5.74) is 3.69. The monoisotopic (exact) mass is 355 g/mol. The summed E-state index contributed by atoms with van der Waals surface area (Å²) in [7, 11) is 1.89. The zero-order valence-electron chi connectivity index (χ0n) is 12.0. The Labute approximate surface area is 137 Å². The summed E-state index contributed by atoms with van der Waals surface area (Å²) < 4.78 is 2.53. The third kappa shape index (κ3) is 2.35. The Balaban J connectivity index is 2.34. The number of nitrogens with zero attached hydrogens (tertiary/aromatic N) is 1. The van der Waals surface area contributed by atoms with Gasteiger partial charge in [-0.15, -0.1) is 0 Å². The minimum atomic E-state index is -0.941. The highest BCUT2D eigenvalue weighted by molar-refractivity contribution is 9.10. The molecular formula is C18H14BrNO2. The van der Waals surface area contributed by atoms with Crippen molar-refractivity contribution in [2.24, 2.45) is 7.05 Å². The van der Waals surface area contributed by atoms with E-state index in [2.05, 4.69) is 15.9 Å². The fraction of sp³-hybridized carbons (Fsp3) is 0.0556. The van der Waals surface area contributed by atoms with Crippen LogP contribution in [-0.4, -0.2) is 15.6 Å². The van der Waals surface area contributed by atoms with E-state index in [0.717, 1.165) is 16.8 Å². The maximum Gasteiger partial charge on any atom is 0.339 e. The van der Waals surface area contributed by atoms with Crippen molar-refractivity contribution in [1.29, 1.82) is 0 Å². The van der Waals surface area contributed by atoms with Gasteiger partial charge in [0.25, 0.3) is 0 Å². The summed E-state index contributed by atoms with van der Waals surface area (Å²) >= 11 is 3.49. The zero-order chi connectivity index (χ0) is 15.7. The summed E-state index contributed by atoms with van der Waals surface area (Å²) in [6.45, 7) is 0. The second-order valence-corrected chi connectivity index (χ2v) is 5.78. The van der Waals surface area contributed by atoms with Crippen molar-refractivity contribution in [2.75, 3.05) is 0 Å². The summed E-state index contributed by atoms with van der Waals surface area (Å²) in [6.07, 6.45) is 0. The summed E-state index contributed by atoms with van der Waals surface area (Å²) in [5, 5.41) is 9.65. The van der Waals surface area contributed by atoms with Gasteiger partial charge in [-0.05, 0) is 27.1 Å². The molecule has 22 heavy (non-hydrogen) atoms. The molecule has 3 nitrogen and oxygen atoms in total. The number of carbonyl (C=O) groups is 1. The van der Waals surface area contributed by atoms with Crippen molar-refractivity contribution in [2.45, 2.75) is 0 Å². The SMILES string of the molecule is Cn1c(-c2ccccc2)c(Br)c(C(=O)O)c1-c1ccccc1. The Kier molecular flexibility index (Phi) is 3.86. The zero-order valence-corrected chi connectivity index (χ0v) is 13.5. The Morgan fingerprint density at radius 3 is 1.82 bits per heavy atom. The van der Waals surface area contributed by atoms with E-state index >= 15 is 0 Å². The fourth-order valence-electron chi connectivity index (χ4n) is 2.69. The summed E-state index contributed by atoms with van der Waals surface area (Å²) in [6, 6.07) is 19.3. The molecule has 2 aromatic carbocycles. The normalized spacial score (nSPS) is 10.6. The number of benzene rings is 2. The molecule has 1 aromatic heterocycles. The first kappa shape index (κ1) is 14.6. The maximum atomic E-state index is 11.8. The number of rotatable bonds is 3. The van der Waals surface area contributed by atoms with Gasteiger partial charge in [0, 0.05) is 7.05 Å². The van der Waals surface area contributed by atoms with Crippen molar-refractivity contribution in [3.8, 4) is 22.5 Å². The van der Waals surface area contributed by atoms with E-state index in [1.807, 2.05) is 72.3 Å². The van der Waals surface area contributed by atoms with Crippen LogP contribution in [0.25, 0.3) is 22.5 Å². The Morgan fingerprint density at radius 2 is 1.36 bits per heavy atom. The molecule has 0 saturated heterocycles. The number of hydrogen-bond acceptors (Lipinski definition) is 1. The molecule has 0 saturated carbocycles. The van der Waals surface area contributed by atoms with E-state index in [4.69, 9.17) is 0 Å². The number of aromatic carboxylic acids is 1. The van der Waals surface area contributed by atoms with Gasteiger partial charge in [0.2, 0.25) is 0 Å². The first-order valence-electron chi connectivity index (χ1n) is 6.83. The molecule has 0 aliphatic rings. The molecule has 0 aliphatic carbocycles. The molecule has 110 valence electrons. The van der Waals surface area contributed by atoms with Gasteiger partial charge in [0.15, 0.2) is 0 Å². The molecule has 0 radical (unpaired) electrons. The van der Waals surface area contributed by atoms with Gasteiger partial charge in [0.1, 0.15) is 5.56 Å². The fourth-order valence-corrected chi connectivity index (χ4v) is 3.55. The van der Waals surface area contributed by atoms with Gasteiger partial charge in [-0.1, -0.05) is 60.7 Å². The Morgan fingerprint density at radius 1 is 0.909 bits per heavy atom. The van der Waals surface area contributed by atoms with Gasteiger partial charge in [0.05, 0.1) is 15.9 Å². The first-order valence-corrected chi connectivity index (χ1v) is 7.63. The molecule has 0 fully saturated rings. The quantitative estimate of drug-likeness (QED) is 0.731. The second kappa shape index (κ2) is 5.81. The van der Waals surface area contributed by atoms with Crippen LogP contribution in [0.5, 0.6) is 0 Å². The number of aromatic nitrogens is 1. The van der Waals surface area contributed by atoms with Crippen LogP contribution in [0, 0.1) is 0 Å². The Bertz CT molecular complexity index is 823. The van der Waals surface area contributed by atoms with Gasteiger partial charge >= 0.3 is 5.97 Å². The lowest BCUT2D eigenvalue weighted by atomic mass is 10.1. The Hall–Kier alpha value is -2.33. The van der Waals surface area contributed by atoms with Crippen molar-refractivity contribution in [3.63, 3.8) is 0 Å². The molecular weight excluding hydrogens is 342 g/mol. The van der Waals surface area contributed by atoms with Crippen LogP contribution in [0.15, 0.2) is 65.1 Å². The third-order valence-corrected chi connectivity index (χ3v) is 4.42. The number of hydrogen-bond donors (Lipinski definition) is 1. The van der Waals surface area contributed by atoms with Crippen LogP contribution in [0.3, 0.4) is 0 Å². The summed E-state index contributed by atoms with van der Waals surface area (Å²) in [5.74, 6) is -0.941. The molecule has 0 amide bonds. The number of halogens is 1. The van der Waals surface area contributed by atoms with E-state index < -0.39 is 5.97 Å². The van der Waals surface area contributed by atoms with Gasteiger partial charge in [-0.3, -0.25) is 0 Å². The van der Waals surface area contributed by atoms with Crippen molar-refractivity contribution < 1.29 is 9.90 Å². The van der Waals surface area contributed by atoms with E-state index in [1.54, 1.807) is 0 Å². The standard InChI is InChI=1S/C18H14BrNO2/c1-20-16(12-8-4-2-5-9-12)14(18(21)22)15(19)17(20)13-10-6-3-7-11-13/h2-11H,1H3,(H,21,22). The average molecular weight is 356 g/mol. The van der Waals surface area contributed by atoms with Crippen LogP contribution < -0.4 is 0 Å². The molecule has 3 rings (SSSR count). The van der Waals surface area contributed by atoms with Crippen LogP contribution >= 0.6 is 15.9 Å². The molecule has 0 unspecified atom stereocenters. The van der Waals surface area contributed by atoms with Crippen molar-refractivity contribution >= 4 is 21.9 Å². The molecule has 0 bridgehead atoms. The number of carboxylic acid groups (broad SMARTS) is 1. The molecule has 1 heterocycles. The van der Waals surface area contributed by atoms with Gasteiger partial charge in [-0.25, -0.2) is 4.79 Å². The minimum Gasteiger partial charge on any atom is -0.478 e. The van der Waals surface area contributed by atoms with E-state index in [0.29, 0.717) is 10.2 Å². The lowest BCUT2D eigenvalue weighted by Crippen LogP contribution is -2.00. The van der Waals surface area contributed by atoms with Gasteiger partial charge < -0.3 is 9.67 Å². The van der Waals surface area contributed by atoms with Crippen LogP contribution in [0.2, 0.25) is 0 Å². The molecule has 3 aromatic rings. The minimum absolute atomic E-state index is 0.285. The van der Waals surface area contributed by atoms with Crippen molar-refractivity contribution in [1.82, 2.24) is 4.57 Å². The lowest BCUT2D eigenvalue weighted by molar-refractivity contribution is 0.0697. The highest BCUT2D eigenvalue weighted by Gasteiger charge is 2.25. The predicted octanol–water partition coefficient (Wildman–Crippen LogP) is 4.82. The topological polar surface area (TPSA) is 42.2 Å². The van der Waals surface area contributed by atoms with Crippen LogP contribution in [0.4, 0.5) is 0 Å². The summed E-state index contributed by atoms with van der Waals surface area (Å²) in [4.78, 5) is 11.8. The van der Waals surface area contributed by atoms with Crippen molar-refractivity contribution in [3.05, 3.63) is 70.7 Å². The second-order valence-electron chi connectivity index (χ2n) is 4.98. The number of carboxylic acids is 1. The van der Waals surface area contributed by atoms with Crippen LogP contribution in [-0.2, 0) is 7.05 Å². The first-order chi connectivity index (χ1) is 10.6. The largest absolute Gasteiger partial charge is 0.478 e. The molecule has 0 atom stereocenters. The van der Waals surface area contributed by atoms with Crippen LogP contribution in [0.1, 0.15) is 10.4 Å². The van der Waals surface area contributed by atoms with E-state index in [9.17, 15) is 9.90 Å². The van der Waals surface area contributed by atoms with E-state index in [-0.39, 0.29) is 5.56 Å². The molecule has 0 aliphatic heterocycles. The predicted molar refractivity (Wildman–Crippen MR) is 90.9 cm³/mol.